The van der Waals surface area contributed by atoms with Crippen molar-refractivity contribution in [2.75, 3.05) is 6.54 Å². The van der Waals surface area contributed by atoms with Gasteiger partial charge in [-0.3, -0.25) is 4.79 Å². The van der Waals surface area contributed by atoms with Crippen molar-refractivity contribution in [2.45, 2.75) is 57.5 Å². The van der Waals surface area contributed by atoms with Gasteiger partial charge in [0.05, 0.1) is 5.60 Å². The summed E-state index contributed by atoms with van der Waals surface area (Å²) in [5, 5.41) is 13.1. The summed E-state index contributed by atoms with van der Waals surface area (Å²) in [6.45, 7) is 2.53. The zero-order chi connectivity index (χ0) is 15.1. The van der Waals surface area contributed by atoms with Crippen molar-refractivity contribution in [3.8, 4) is 0 Å². The lowest BCUT2D eigenvalue weighted by atomic mass is 9.97. The van der Waals surface area contributed by atoms with Gasteiger partial charge in [0.1, 0.15) is 0 Å². The van der Waals surface area contributed by atoms with E-state index in [-0.39, 0.29) is 5.91 Å². The van der Waals surface area contributed by atoms with E-state index in [0.29, 0.717) is 18.9 Å². The molecule has 0 radical (unpaired) electrons. The summed E-state index contributed by atoms with van der Waals surface area (Å²) >= 11 is 0. The lowest BCUT2D eigenvalue weighted by Crippen LogP contribution is -2.41. The van der Waals surface area contributed by atoms with Crippen LogP contribution in [0.3, 0.4) is 0 Å². The highest BCUT2D eigenvalue weighted by atomic mass is 16.3. The fourth-order valence-electron chi connectivity index (χ4n) is 3.02. The van der Waals surface area contributed by atoms with E-state index in [0.717, 1.165) is 38.5 Å². The van der Waals surface area contributed by atoms with E-state index in [1.54, 1.807) is 0 Å². The Morgan fingerprint density at radius 2 is 1.95 bits per heavy atom. The lowest BCUT2D eigenvalue weighted by molar-refractivity contribution is -0.123. The molecule has 1 fully saturated rings. The van der Waals surface area contributed by atoms with Crippen molar-refractivity contribution in [2.24, 2.45) is 5.92 Å². The minimum absolute atomic E-state index is 0.0656. The number of nitrogens with one attached hydrogen (secondary N) is 1. The van der Waals surface area contributed by atoms with Gasteiger partial charge in [-0.15, -0.1) is 0 Å². The van der Waals surface area contributed by atoms with Crippen LogP contribution in [0.15, 0.2) is 30.3 Å². The first-order valence-corrected chi connectivity index (χ1v) is 8.10. The van der Waals surface area contributed by atoms with E-state index in [9.17, 15) is 9.90 Å². The smallest absolute Gasteiger partial charge is 0.220 e. The second-order valence-corrected chi connectivity index (χ2v) is 6.54. The van der Waals surface area contributed by atoms with E-state index in [1.165, 1.54) is 5.56 Å². The van der Waals surface area contributed by atoms with Gasteiger partial charge >= 0.3 is 0 Å². The second-order valence-electron chi connectivity index (χ2n) is 6.54. The molecule has 2 N–H and O–H groups in total. The highest BCUT2D eigenvalue weighted by Gasteiger charge is 2.31. The standard InChI is InChI=1S/C18H27NO2/c1-15(9-10-16-7-3-2-4-8-16)13-17(20)19-14-18(21)11-5-6-12-18/h2-4,7-8,15,21H,5-6,9-14H2,1H3,(H,19,20). The summed E-state index contributed by atoms with van der Waals surface area (Å²) in [4.78, 5) is 11.9. The van der Waals surface area contributed by atoms with Crippen LogP contribution in [-0.4, -0.2) is 23.2 Å². The summed E-state index contributed by atoms with van der Waals surface area (Å²) in [6.07, 6.45) is 6.34. The monoisotopic (exact) mass is 289 g/mol. The van der Waals surface area contributed by atoms with Crippen molar-refractivity contribution >= 4 is 5.91 Å². The van der Waals surface area contributed by atoms with Crippen LogP contribution in [0.1, 0.15) is 51.0 Å². The van der Waals surface area contributed by atoms with E-state index < -0.39 is 5.60 Å². The number of benzene rings is 1. The van der Waals surface area contributed by atoms with Crippen LogP contribution in [0, 0.1) is 5.92 Å². The number of carbonyl (C=O) groups excluding carboxylic acids is 1. The van der Waals surface area contributed by atoms with Crippen molar-refractivity contribution in [3.05, 3.63) is 35.9 Å². The first kappa shape index (κ1) is 16.0. The lowest BCUT2D eigenvalue weighted by Gasteiger charge is -2.22. The fraction of sp³-hybridized carbons (Fsp3) is 0.611. The van der Waals surface area contributed by atoms with Gasteiger partial charge in [-0.1, -0.05) is 50.1 Å². The van der Waals surface area contributed by atoms with Crippen LogP contribution in [-0.2, 0) is 11.2 Å². The van der Waals surface area contributed by atoms with Crippen LogP contribution in [0.5, 0.6) is 0 Å². The molecule has 3 heteroatoms. The molecule has 1 aromatic carbocycles. The van der Waals surface area contributed by atoms with Crippen LogP contribution in [0.4, 0.5) is 0 Å². The minimum atomic E-state index is -0.650. The topological polar surface area (TPSA) is 49.3 Å². The largest absolute Gasteiger partial charge is 0.388 e. The first-order chi connectivity index (χ1) is 10.1. The maximum Gasteiger partial charge on any atom is 0.220 e. The summed E-state index contributed by atoms with van der Waals surface area (Å²) in [5.41, 5.74) is 0.674. The first-order valence-electron chi connectivity index (χ1n) is 8.10. The Hall–Kier alpha value is -1.35. The molecule has 1 amide bonds. The fourth-order valence-corrected chi connectivity index (χ4v) is 3.02. The van der Waals surface area contributed by atoms with Gasteiger partial charge in [0, 0.05) is 13.0 Å². The molecule has 1 atom stereocenters. The quantitative estimate of drug-likeness (QED) is 0.810. The van der Waals surface area contributed by atoms with Crippen molar-refractivity contribution in [1.82, 2.24) is 5.32 Å². The van der Waals surface area contributed by atoms with Gasteiger partial charge in [0.25, 0.3) is 0 Å². The van der Waals surface area contributed by atoms with Crippen LogP contribution in [0.2, 0.25) is 0 Å². The third kappa shape index (κ3) is 5.50. The molecule has 21 heavy (non-hydrogen) atoms. The predicted octanol–water partition coefficient (Wildman–Crippen LogP) is 3.07. The van der Waals surface area contributed by atoms with Crippen molar-refractivity contribution in [3.63, 3.8) is 0 Å². The van der Waals surface area contributed by atoms with Gasteiger partial charge in [-0.05, 0) is 37.2 Å². The number of hydrogen-bond acceptors (Lipinski definition) is 2. The van der Waals surface area contributed by atoms with E-state index >= 15 is 0 Å². The molecule has 0 saturated heterocycles. The zero-order valence-corrected chi connectivity index (χ0v) is 13.0. The maximum absolute atomic E-state index is 11.9. The Morgan fingerprint density at radius 1 is 1.29 bits per heavy atom. The van der Waals surface area contributed by atoms with E-state index in [2.05, 4.69) is 36.5 Å². The average molecular weight is 289 g/mol. The number of aryl methyl sites for hydroxylation is 1. The van der Waals surface area contributed by atoms with Gasteiger partial charge in [0.2, 0.25) is 5.91 Å². The molecule has 0 heterocycles. The molecule has 2 rings (SSSR count). The molecule has 0 aromatic heterocycles. The highest BCUT2D eigenvalue weighted by Crippen LogP contribution is 2.28. The highest BCUT2D eigenvalue weighted by molar-refractivity contribution is 5.76. The zero-order valence-electron chi connectivity index (χ0n) is 13.0. The third-order valence-electron chi connectivity index (χ3n) is 4.45. The molecular weight excluding hydrogens is 262 g/mol. The Balaban J connectivity index is 1.65. The Kier molecular flexibility index (Phi) is 5.80. The Bertz CT molecular complexity index is 438. The number of rotatable bonds is 7. The Labute approximate surface area is 127 Å². The SMILES string of the molecule is CC(CCc1ccccc1)CC(=O)NCC1(O)CCCC1. The third-order valence-corrected chi connectivity index (χ3v) is 4.45. The molecule has 1 unspecified atom stereocenters. The maximum atomic E-state index is 11.9. The summed E-state index contributed by atoms with van der Waals surface area (Å²) in [7, 11) is 0. The summed E-state index contributed by atoms with van der Waals surface area (Å²) < 4.78 is 0. The molecule has 0 bridgehead atoms. The van der Waals surface area contributed by atoms with Gasteiger partial charge in [0.15, 0.2) is 0 Å². The molecular formula is C18H27NO2. The predicted molar refractivity (Wildman–Crippen MR) is 85.0 cm³/mol. The normalized spacial score (nSPS) is 18.4. The van der Waals surface area contributed by atoms with Gasteiger partial charge in [-0.25, -0.2) is 0 Å². The molecule has 1 aliphatic rings. The van der Waals surface area contributed by atoms with Crippen LogP contribution >= 0.6 is 0 Å². The number of amides is 1. The molecule has 0 aliphatic heterocycles. The second kappa shape index (κ2) is 7.60. The summed E-state index contributed by atoms with van der Waals surface area (Å²) in [5.74, 6) is 0.430. The average Bonchev–Trinajstić information content (AvgIpc) is 2.92. The van der Waals surface area contributed by atoms with Crippen molar-refractivity contribution in [1.29, 1.82) is 0 Å². The molecule has 1 aromatic rings. The molecule has 1 aliphatic carbocycles. The molecule has 116 valence electrons. The van der Waals surface area contributed by atoms with Gasteiger partial charge < -0.3 is 10.4 Å². The van der Waals surface area contributed by atoms with Crippen LogP contribution in [0.25, 0.3) is 0 Å². The molecule has 1 saturated carbocycles. The number of hydrogen-bond donors (Lipinski definition) is 2. The summed E-state index contributed by atoms with van der Waals surface area (Å²) in [6, 6.07) is 10.4. The number of carbonyl (C=O) groups is 1. The van der Waals surface area contributed by atoms with E-state index in [1.807, 2.05) is 6.07 Å². The van der Waals surface area contributed by atoms with Crippen LogP contribution < -0.4 is 5.32 Å². The van der Waals surface area contributed by atoms with Gasteiger partial charge in [-0.2, -0.15) is 0 Å². The Morgan fingerprint density at radius 3 is 2.62 bits per heavy atom. The van der Waals surface area contributed by atoms with Crippen molar-refractivity contribution < 1.29 is 9.90 Å². The molecule has 0 spiro atoms. The molecule has 3 nitrogen and oxygen atoms in total. The minimum Gasteiger partial charge on any atom is -0.388 e. The number of aliphatic hydroxyl groups is 1. The van der Waals surface area contributed by atoms with E-state index in [4.69, 9.17) is 0 Å².